The maximum atomic E-state index is 5.41. The Morgan fingerprint density at radius 1 is 1.29 bits per heavy atom. The van der Waals surface area contributed by atoms with Crippen LogP contribution in [0.4, 0.5) is 0 Å². The van der Waals surface area contributed by atoms with Gasteiger partial charge in [0.25, 0.3) is 0 Å². The second-order valence-corrected chi connectivity index (χ2v) is 5.59. The van der Waals surface area contributed by atoms with Gasteiger partial charge in [0.1, 0.15) is 0 Å². The monoisotopic (exact) mass is 291 g/mol. The van der Waals surface area contributed by atoms with Crippen LogP contribution in [0.3, 0.4) is 0 Å². The fourth-order valence-corrected chi connectivity index (χ4v) is 2.60. The van der Waals surface area contributed by atoms with Gasteiger partial charge in [-0.05, 0) is 33.8 Å². The zero-order valence-electron chi connectivity index (χ0n) is 13.8. The van der Waals surface area contributed by atoms with E-state index in [4.69, 9.17) is 4.74 Å². The molecule has 6 heteroatoms. The number of methoxy groups -OCH3 is 1. The molecule has 0 spiro atoms. The van der Waals surface area contributed by atoms with Crippen molar-refractivity contribution < 1.29 is 4.74 Å². The molecule has 0 aromatic carbocycles. The van der Waals surface area contributed by atoms with Crippen LogP contribution in [0.15, 0.2) is 6.07 Å². The summed E-state index contributed by atoms with van der Waals surface area (Å²) in [7, 11) is 3.58. The molecule has 0 saturated carbocycles. The van der Waals surface area contributed by atoms with E-state index in [1.54, 1.807) is 11.8 Å². The predicted molar refractivity (Wildman–Crippen MR) is 82.5 cm³/mol. The summed E-state index contributed by atoms with van der Waals surface area (Å²) in [5, 5.41) is 12.4. The maximum Gasteiger partial charge on any atom is 0.216 e. The van der Waals surface area contributed by atoms with E-state index in [1.165, 1.54) is 5.69 Å². The molecule has 6 nitrogen and oxygen atoms in total. The van der Waals surface area contributed by atoms with Crippen LogP contribution in [0.25, 0.3) is 0 Å². The summed E-state index contributed by atoms with van der Waals surface area (Å²) in [5.74, 6) is 0.818. The zero-order valence-corrected chi connectivity index (χ0v) is 13.8. The Hall–Kier alpha value is -1.82. The van der Waals surface area contributed by atoms with Crippen LogP contribution in [0.1, 0.15) is 29.6 Å². The van der Waals surface area contributed by atoms with Crippen molar-refractivity contribution in [2.24, 2.45) is 7.05 Å². The Balaban J connectivity index is 1.98. The highest BCUT2D eigenvalue weighted by molar-refractivity contribution is 5.30. The lowest BCUT2D eigenvalue weighted by atomic mass is 10.2. The van der Waals surface area contributed by atoms with Gasteiger partial charge in [-0.25, -0.2) is 4.68 Å². The molecule has 0 saturated heterocycles. The quantitative estimate of drug-likeness (QED) is 0.880. The first-order valence-corrected chi connectivity index (χ1v) is 7.23. The standard InChI is InChI=1S/C15H25N5O/c1-10-7-12(3)20(17-10)9-11(2)16-8-14-13(4)18-19(5)15(14)21-6/h7,11,16H,8-9H2,1-6H3/t11-/m1/s1. The molecule has 0 aliphatic heterocycles. The molecule has 2 heterocycles. The lowest BCUT2D eigenvalue weighted by molar-refractivity contribution is 0.365. The minimum atomic E-state index is 0.312. The van der Waals surface area contributed by atoms with Gasteiger partial charge in [0, 0.05) is 25.3 Å². The third-order valence-corrected chi connectivity index (χ3v) is 3.66. The Bertz CT molecular complexity index is 614. The summed E-state index contributed by atoms with van der Waals surface area (Å²) in [6, 6.07) is 2.41. The number of rotatable bonds is 6. The molecule has 1 atom stereocenters. The predicted octanol–water partition coefficient (Wildman–Crippen LogP) is 1.73. The van der Waals surface area contributed by atoms with Gasteiger partial charge in [0.05, 0.1) is 30.6 Å². The molecule has 0 fully saturated rings. The zero-order chi connectivity index (χ0) is 15.6. The van der Waals surface area contributed by atoms with Gasteiger partial charge in [-0.2, -0.15) is 10.2 Å². The third kappa shape index (κ3) is 3.44. The molecule has 0 aliphatic rings. The lowest BCUT2D eigenvalue weighted by Crippen LogP contribution is -2.31. The summed E-state index contributed by atoms with van der Waals surface area (Å²) in [6.07, 6.45) is 0. The molecule has 1 N–H and O–H groups in total. The Labute approximate surface area is 126 Å². The largest absolute Gasteiger partial charge is 0.481 e. The molecule has 21 heavy (non-hydrogen) atoms. The van der Waals surface area contributed by atoms with E-state index < -0.39 is 0 Å². The first-order chi connectivity index (χ1) is 9.92. The number of hydrogen-bond acceptors (Lipinski definition) is 4. The van der Waals surface area contributed by atoms with Gasteiger partial charge >= 0.3 is 0 Å². The molecule has 116 valence electrons. The van der Waals surface area contributed by atoms with Gasteiger partial charge in [-0.3, -0.25) is 4.68 Å². The number of aromatic nitrogens is 4. The van der Waals surface area contributed by atoms with Crippen molar-refractivity contribution in [3.63, 3.8) is 0 Å². The fraction of sp³-hybridized carbons (Fsp3) is 0.600. The molecule has 2 aromatic rings. The molecular weight excluding hydrogens is 266 g/mol. The van der Waals surface area contributed by atoms with E-state index in [2.05, 4.69) is 35.4 Å². The molecule has 2 aromatic heterocycles. The van der Waals surface area contributed by atoms with Gasteiger partial charge in [-0.1, -0.05) is 0 Å². The van der Waals surface area contributed by atoms with Crippen LogP contribution < -0.4 is 10.1 Å². The number of ether oxygens (including phenoxy) is 1. The van der Waals surface area contributed by atoms with Crippen LogP contribution in [0.2, 0.25) is 0 Å². The van der Waals surface area contributed by atoms with Crippen molar-refractivity contribution in [3.05, 3.63) is 28.7 Å². The van der Waals surface area contributed by atoms with Crippen LogP contribution in [-0.4, -0.2) is 32.7 Å². The van der Waals surface area contributed by atoms with Gasteiger partial charge in [0.2, 0.25) is 5.88 Å². The summed E-state index contributed by atoms with van der Waals surface area (Å²) in [4.78, 5) is 0. The van der Waals surface area contributed by atoms with Crippen LogP contribution in [0.5, 0.6) is 5.88 Å². The first-order valence-electron chi connectivity index (χ1n) is 7.23. The molecule has 0 radical (unpaired) electrons. The summed E-state index contributed by atoms with van der Waals surface area (Å²) >= 11 is 0. The fourth-order valence-electron chi connectivity index (χ4n) is 2.60. The van der Waals surface area contributed by atoms with Gasteiger partial charge in [0.15, 0.2) is 0 Å². The topological polar surface area (TPSA) is 56.9 Å². The third-order valence-electron chi connectivity index (χ3n) is 3.66. The number of aryl methyl sites for hydroxylation is 4. The normalized spacial score (nSPS) is 12.7. The minimum Gasteiger partial charge on any atom is -0.481 e. The second kappa shape index (κ2) is 6.30. The van der Waals surface area contributed by atoms with E-state index in [0.29, 0.717) is 6.04 Å². The molecular formula is C15H25N5O. The Morgan fingerprint density at radius 2 is 2.00 bits per heavy atom. The average Bonchev–Trinajstić information content (AvgIpc) is 2.86. The molecule has 0 bridgehead atoms. The van der Waals surface area contributed by atoms with Crippen molar-refractivity contribution in [3.8, 4) is 5.88 Å². The van der Waals surface area contributed by atoms with Crippen molar-refractivity contribution in [2.45, 2.75) is 46.8 Å². The first kappa shape index (κ1) is 15.6. The number of nitrogens with one attached hydrogen (secondary N) is 1. The minimum absolute atomic E-state index is 0.312. The highest BCUT2D eigenvalue weighted by atomic mass is 16.5. The summed E-state index contributed by atoms with van der Waals surface area (Å²) in [5.41, 5.74) is 4.36. The SMILES string of the molecule is COc1c(CN[C@H](C)Cn2nc(C)cc2C)c(C)nn1C. The Morgan fingerprint density at radius 3 is 2.57 bits per heavy atom. The number of nitrogens with zero attached hydrogens (tertiary/aromatic N) is 4. The van der Waals surface area contributed by atoms with Crippen LogP contribution in [-0.2, 0) is 20.1 Å². The molecule has 0 unspecified atom stereocenters. The van der Waals surface area contributed by atoms with E-state index in [9.17, 15) is 0 Å². The van der Waals surface area contributed by atoms with Crippen molar-refractivity contribution >= 4 is 0 Å². The number of hydrogen-bond donors (Lipinski definition) is 1. The highest BCUT2D eigenvalue weighted by Crippen LogP contribution is 2.20. The smallest absolute Gasteiger partial charge is 0.216 e. The van der Waals surface area contributed by atoms with Crippen LogP contribution in [0, 0.1) is 20.8 Å². The van der Waals surface area contributed by atoms with E-state index >= 15 is 0 Å². The molecule has 2 rings (SSSR count). The molecule has 0 amide bonds. The maximum absolute atomic E-state index is 5.41. The van der Waals surface area contributed by atoms with Gasteiger partial charge in [-0.15, -0.1) is 0 Å². The van der Waals surface area contributed by atoms with Crippen LogP contribution >= 0.6 is 0 Å². The Kier molecular flexibility index (Phi) is 4.67. The summed E-state index contributed by atoms with van der Waals surface area (Å²) < 4.78 is 9.23. The second-order valence-electron chi connectivity index (χ2n) is 5.59. The highest BCUT2D eigenvalue weighted by Gasteiger charge is 2.15. The van der Waals surface area contributed by atoms with Crippen molar-refractivity contribution in [1.29, 1.82) is 0 Å². The average molecular weight is 291 g/mol. The van der Waals surface area contributed by atoms with E-state index in [0.717, 1.165) is 35.9 Å². The van der Waals surface area contributed by atoms with Crippen molar-refractivity contribution in [1.82, 2.24) is 24.9 Å². The lowest BCUT2D eigenvalue weighted by Gasteiger charge is -2.15. The van der Waals surface area contributed by atoms with E-state index in [1.807, 2.05) is 25.6 Å². The van der Waals surface area contributed by atoms with Crippen molar-refractivity contribution in [2.75, 3.05) is 7.11 Å². The molecule has 0 aliphatic carbocycles. The van der Waals surface area contributed by atoms with Gasteiger partial charge < -0.3 is 10.1 Å². The van der Waals surface area contributed by atoms with E-state index in [-0.39, 0.29) is 0 Å². The summed E-state index contributed by atoms with van der Waals surface area (Å²) in [6.45, 7) is 9.86.